The van der Waals surface area contributed by atoms with Gasteiger partial charge in [0.2, 0.25) is 0 Å². The van der Waals surface area contributed by atoms with Crippen LogP contribution in [0.25, 0.3) is 0 Å². The summed E-state index contributed by atoms with van der Waals surface area (Å²) >= 11 is 5.18. The van der Waals surface area contributed by atoms with E-state index in [9.17, 15) is 0 Å². The Balaban J connectivity index is 2.23. The van der Waals surface area contributed by atoms with Crippen molar-refractivity contribution < 1.29 is 0 Å². The number of nitrogens with one attached hydrogen (secondary N) is 1. The number of halogens is 1. The zero-order chi connectivity index (χ0) is 12.1. The number of pyridine rings is 1. The van der Waals surface area contributed by atoms with E-state index in [1.54, 1.807) is 11.3 Å². The van der Waals surface area contributed by atoms with E-state index >= 15 is 0 Å². The molecule has 0 bridgehead atoms. The Kier molecular flexibility index (Phi) is 4.71. The quantitative estimate of drug-likeness (QED) is 0.903. The van der Waals surface area contributed by atoms with Gasteiger partial charge in [0, 0.05) is 15.5 Å². The maximum atomic E-state index is 4.48. The SMILES string of the molecule is CCCNC(c1ccc(Br)cn1)c1cccs1. The second-order valence-corrected chi connectivity index (χ2v) is 5.70. The summed E-state index contributed by atoms with van der Waals surface area (Å²) < 4.78 is 1.02. The molecule has 0 aliphatic heterocycles. The van der Waals surface area contributed by atoms with E-state index in [0.29, 0.717) is 0 Å². The fourth-order valence-electron chi connectivity index (χ4n) is 1.65. The van der Waals surface area contributed by atoms with Gasteiger partial charge in [0.25, 0.3) is 0 Å². The highest BCUT2D eigenvalue weighted by Gasteiger charge is 2.15. The standard InChI is InChI=1S/C13H15BrN2S/c1-2-7-15-13(12-4-3-8-17-12)11-6-5-10(14)9-16-11/h3-6,8-9,13,15H,2,7H2,1H3. The molecule has 0 aromatic carbocycles. The van der Waals surface area contributed by atoms with Crippen molar-refractivity contribution in [2.45, 2.75) is 19.4 Å². The van der Waals surface area contributed by atoms with Gasteiger partial charge in [-0.1, -0.05) is 13.0 Å². The number of rotatable bonds is 5. The molecule has 2 aromatic rings. The molecule has 0 amide bonds. The molecule has 0 aliphatic carbocycles. The Morgan fingerprint density at radius 2 is 2.29 bits per heavy atom. The fourth-order valence-corrected chi connectivity index (χ4v) is 2.70. The molecule has 0 spiro atoms. The van der Waals surface area contributed by atoms with Crippen LogP contribution in [0.5, 0.6) is 0 Å². The number of nitrogens with zero attached hydrogens (tertiary/aromatic N) is 1. The van der Waals surface area contributed by atoms with E-state index in [2.05, 4.69) is 56.7 Å². The third-order valence-corrected chi connectivity index (χ3v) is 3.88. The summed E-state index contributed by atoms with van der Waals surface area (Å²) in [7, 11) is 0. The van der Waals surface area contributed by atoms with E-state index in [4.69, 9.17) is 0 Å². The van der Waals surface area contributed by atoms with Crippen molar-refractivity contribution in [3.63, 3.8) is 0 Å². The zero-order valence-electron chi connectivity index (χ0n) is 9.69. The highest BCUT2D eigenvalue weighted by molar-refractivity contribution is 9.10. The molecule has 2 rings (SSSR count). The summed E-state index contributed by atoms with van der Waals surface area (Å²) in [6.07, 6.45) is 2.97. The number of hydrogen-bond acceptors (Lipinski definition) is 3. The molecule has 1 N–H and O–H groups in total. The lowest BCUT2D eigenvalue weighted by Crippen LogP contribution is -2.23. The van der Waals surface area contributed by atoms with E-state index in [1.807, 2.05) is 12.3 Å². The number of thiophene rings is 1. The topological polar surface area (TPSA) is 24.9 Å². The molecular weight excluding hydrogens is 296 g/mol. The Labute approximate surface area is 114 Å². The Morgan fingerprint density at radius 1 is 1.41 bits per heavy atom. The van der Waals surface area contributed by atoms with Crippen molar-refractivity contribution in [3.8, 4) is 0 Å². The maximum absolute atomic E-state index is 4.48. The highest BCUT2D eigenvalue weighted by atomic mass is 79.9. The van der Waals surface area contributed by atoms with Gasteiger partial charge >= 0.3 is 0 Å². The Hall–Kier alpha value is -0.710. The third kappa shape index (κ3) is 3.37. The summed E-state index contributed by atoms with van der Waals surface area (Å²) in [4.78, 5) is 5.80. The maximum Gasteiger partial charge on any atom is 0.0844 e. The molecule has 0 radical (unpaired) electrons. The molecule has 2 nitrogen and oxygen atoms in total. The highest BCUT2D eigenvalue weighted by Crippen LogP contribution is 2.25. The van der Waals surface area contributed by atoms with Gasteiger partial charge in [-0.3, -0.25) is 4.98 Å². The molecule has 17 heavy (non-hydrogen) atoms. The minimum Gasteiger partial charge on any atom is -0.304 e. The Morgan fingerprint density at radius 3 is 2.88 bits per heavy atom. The fraction of sp³-hybridized carbons (Fsp3) is 0.308. The molecular formula is C13H15BrN2S. The van der Waals surface area contributed by atoms with Crippen molar-refractivity contribution in [1.29, 1.82) is 0 Å². The minimum atomic E-state index is 0.211. The van der Waals surface area contributed by atoms with Crippen molar-refractivity contribution in [2.24, 2.45) is 0 Å². The molecule has 0 aliphatic rings. The molecule has 0 fully saturated rings. The van der Waals surface area contributed by atoms with Gasteiger partial charge in [0.05, 0.1) is 11.7 Å². The molecule has 0 saturated heterocycles. The van der Waals surface area contributed by atoms with Crippen LogP contribution in [-0.4, -0.2) is 11.5 Å². The van der Waals surface area contributed by atoms with Crippen LogP contribution in [0.4, 0.5) is 0 Å². The average molecular weight is 311 g/mol. The van der Waals surface area contributed by atoms with Crippen LogP contribution in [0.3, 0.4) is 0 Å². The van der Waals surface area contributed by atoms with Crippen LogP contribution in [0.15, 0.2) is 40.3 Å². The summed E-state index contributed by atoms with van der Waals surface area (Å²) in [5.41, 5.74) is 1.07. The number of aromatic nitrogens is 1. The van der Waals surface area contributed by atoms with Gasteiger partial charge in [-0.15, -0.1) is 11.3 Å². The monoisotopic (exact) mass is 310 g/mol. The first kappa shape index (κ1) is 12.7. The van der Waals surface area contributed by atoms with Crippen LogP contribution in [0.2, 0.25) is 0 Å². The van der Waals surface area contributed by atoms with E-state index in [1.165, 1.54) is 4.88 Å². The van der Waals surface area contributed by atoms with Gasteiger partial charge in [0.15, 0.2) is 0 Å². The summed E-state index contributed by atoms with van der Waals surface area (Å²) in [6.45, 7) is 3.17. The van der Waals surface area contributed by atoms with E-state index in [0.717, 1.165) is 23.1 Å². The minimum absolute atomic E-state index is 0.211. The van der Waals surface area contributed by atoms with Crippen LogP contribution in [0.1, 0.15) is 30.0 Å². The van der Waals surface area contributed by atoms with E-state index in [-0.39, 0.29) is 6.04 Å². The molecule has 90 valence electrons. The van der Waals surface area contributed by atoms with Gasteiger partial charge in [-0.05, 0) is 52.5 Å². The molecule has 4 heteroatoms. The smallest absolute Gasteiger partial charge is 0.0844 e. The van der Waals surface area contributed by atoms with Crippen molar-refractivity contribution in [1.82, 2.24) is 10.3 Å². The van der Waals surface area contributed by atoms with Gasteiger partial charge in [-0.25, -0.2) is 0 Å². The predicted octanol–water partition coefficient (Wildman–Crippen LogP) is 3.99. The van der Waals surface area contributed by atoms with Crippen molar-refractivity contribution in [3.05, 3.63) is 50.9 Å². The van der Waals surface area contributed by atoms with Crippen molar-refractivity contribution >= 4 is 27.3 Å². The summed E-state index contributed by atoms with van der Waals surface area (Å²) in [5.74, 6) is 0. The lowest BCUT2D eigenvalue weighted by molar-refractivity contribution is 0.593. The van der Waals surface area contributed by atoms with Crippen LogP contribution < -0.4 is 5.32 Å². The first-order valence-electron chi connectivity index (χ1n) is 5.69. The predicted molar refractivity (Wildman–Crippen MR) is 76.4 cm³/mol. The first-order chi connectivity index (χ1) is 8.31. The van der Waals surface area contributed by atoms with Crippen molar-refractivity contribution in [2.75, 3.05) is 6.54 Å². The number of hydrogen-bond donors (Lipinski definition) is 1. The van der Waals surface area contributed by atoms with Gasteiger partial charge < -0.3 is 5.32 Å². The Bertz CT molecular complexity index is 439. The molecule has 1 atom stereocenters. The summed E-state index contributed by atoms with van der Waals surface area (Å²) in [5, 5.41) is 5.65. The normalized spacial score (nSPS) is 12.6. The summed E-state index contributed by atoms with van der Waals surface area (Å²) in [6, 6.07) is 8.55. The molecule has 2 aromatic heterocycles. The van der Waals surface area contributed by atoms with Gasteiger partial charge in [-0.2, -0.15) is 0 Å². The largest absolute Gasteiger partial charge is 0.304 e. The second kappa shape index (κ2) is 6.28. The van der Waals surface area contributed by atoms with E-state index < -0.39 is 0 Å². The zero-order valence-corrected chi connectivity index (χ0v) is 12.1. The van der Waals surface area contributed by atoms with Crippen LogP contribution in [0, 0.1) is 0 Å². The van der Waals surface area contributed by atoms with Crippen LogP contribution >= 0.6 is 27.3 Å². The second-order valence-electron chi connectivity index (χ2n) is 3.80. The first-order valence-corrected chi connectivity index (χ1v) is 7.36. The molecule has 2 heterocycles. The lowest BCUT2D eigenvalue weighted by atomic mass is 10.1. The lowest BCUT2D eigenvalue weighted by Gasteiger charge is -2.16. The molecule has 1 unspecified atom stereocenters. The van der Waals surface area contributed by atoms with Gasteiger partial charge in [0.1, 0.15) is 0 Å². The average Bonchev–Trinajstić information content (AvgIpc) is 2.85. The van der Waals surface area contributed by atoms with Crippen LogP contribution in [-0.2, 0) is 0 Å². The molecule has 0 saturated carbocycles. The third-order valence-electron chi connectivity index (χ3n) is 2.47.